The highest BCUT2D eigenvalue weighted by Crippen LogP contribution is 2.17. The molecule has 0 aliphatic heterocycles. The lowest BCUT2D eigenvalue weighted by Gasteiger charge is -2.05. The van der Waals surface area contributed by atoms with Crippen molar-refractivity contribution >= 4 is 13.4 Å². The molecule has 0 spiro atoms. The van der Waals surface area contributed by atoms with Gasteiger partial charge in [0.1, 0.15) is 5.75 Å². The van der Waals surface area contributed by atoms with Gasteiger partial charge in [-0.15, -0.1) is 0 Å². The van der Waals surface area contributed by atoms with Crippen LogP contribution in [0, 0.1) is 0 Å². The molecule has 74 valence electrons. The summed E-state index contributed by atoms with van der Waals surface area (Å²) in [6.45, 7) is 0. The van der Waals surface area contributed by atoms with Crippen LogP contribution in [0.15, 0.2) is 36.5 Å². The molecule has 0 atom stereocenters. The van der Waals surface area contributed by atoms with Crippen LogP contribution in [0.1, 0.15) is 0 Å². The van der Waals surface area contributed by atoms with Crippen molar-refractivity contribution in [2.24, 2.45) is 0 Å². The number of pyridine rings is 2. The van der Waals surface area contributed by atoms with Crippen molar-refractivity contribution in [3.8, 4) is 17.1 Å². The number of hydrogen-bond donors (Lipinski definition) is 0. The Kier molecular flexibility index (Phi) is 2.67. The number of hydrogen-bond acceptors (Lipinski definition) is 3. The van der Waals surface area contributed by atoms with Crippen molar-refractivity contribution in [2.45, 2.75) is 0 Å². The fourth-order valence-electron chi connectivity index (χ4n) is 1.40. The van der Waals surface area contributed by atoms with Crippen molar-refractivity contribution in [1.82, 2.24) is 9.97 Å². The van der Waals surface area contributed by atoms with Crippen LogP contribution in [0.2, 0.25) is 0 Å². The van der Waals surface area contributed by atoms with Gasteiger partial charge in [0.25, 0.3) is 0 Å². The zero-order chi connectivity index (χ0) is 10.7. The van der Waals surface area contributed by atoms with Crippen molar-refractivity contribution in [1.29, 1.82) is 0 Å². The van der Waals surface area contributed by atoms with Crippen molar-refractivity contribution in [2.75, 3.05) is 7.11 Å². The molecule has 2 rings (SSSR count). The number of nitrogens with zero attached hydrogens (tertiary/aromatic N) is 2. The Balaban J connectivity index is 2.49. The van der Waals surface area contributed by atoms with Crippen LogP contribution in [0.4, 0.5) is 0 Å². The van der Waals surface area contributed by atoms with E-state index in [0.29, 0.717) is 0 Å². The number of ether oxygens (including phenoxy) is 1. The molecule has 0 saturated carbocycles. The number of methoxy groups -OCH3 is 1. The van der Waals surface area contributed by atoms with Gasteiger partial charge in [0.05, 0.1) is 18.5 Å². The third-order valence-electron chi connectivity index (χ3n) is 2.09. The van der Waals surface area contributed by atoms with Gasteiger partial charge in [-0.05, 0) is 23.8 Å². The van der Waals surface area contributed by atoms with Gasteiger partial charge in [-0.3, -0.25) is 9.97 Å². The molecule has 0 aromatic carbocycles. The zero-order valence-electron chi connectivity index (χ0n) is 8.77. The fraction of sp³-hybridized carbons (Fsp3) is 0.0909. The maximum absolute atomic E-state index is 5.19. The highest BCUT2D eigenvalue weighted by molar-refractivity contribution is 6.30. The Hall–Kier alpha value is -1.84. The summed E-state index contributed by atoms with van der Waals surface area (Å²) in [7, 11) is 3.59. The minimum atomic E-state index is 0.808. The van der Waals surface area contributed by atoms with Gasteiger partial charge >= 0.3 is 0 Å². The van der Waals surface area contributed by atoms with Gasteiger partial charge in [-0.1, -0.05) is 6.07 Å². The van der Waals surface area contributed by atoms with Crippen LogP contribution in [-0.2, 0) is 0 Å². The summed E-state index contributed by atoms with van der Waals surface area (Å²) in [5, 5.41) is 0. The van der Waals surface area contributed by atoms with E-state index in [0.717, 1.165) is 22.7 Å². The third-order valence-corrected chi connectivity index (χ3v) is 2.09. The largest absolute Gasteiger partial charge is 0.497 e. The van der Waals surface area contributed by atoms with Gasteiger partial charge in [0.2, 0.25) is 0 Å². The number of aromatic nitrogens is 2. The lowest BCUT2D eigenvalue weighted by molar-refractivity contribution is 0.415. The van der Waals surface area contributed by atoms with E-state index in [1.165, 1.54) is 0 Å². The fourth-order valence-corrected chi connectivity index (χ4v) is 1.40. The SMILES string of the molecule is Bc1cc(OC)cc(-c2ccccn2)n1. The summed E-state index contributed by atoms with van der Waals surface area (Å²) in [6, 6.07) is 9.54. The molecule has 0 aliphatic rings. The van der Waals surface area contributed by atoms with Gasteiger partial charge in [0.15, 0.2) is 7.85 Å². The summed E-state index contributed by atoms with van der Waals surface area (Å²) in [5.74, 6) is 0.808. The van der Waals surface area contributed by atoms with Crippen LogP contribution in [0.25, 0.3) is 11.4 Å². The van der Waals surface area contributed by atoms with Gasteiger partial charge in [-0.25, -0.2) is 0 Å². The Labute approximate surface area is 89.6 Å². The average molecular weight is 198 g/mol. The minimum absolute atomic E-state index is 0.808. The molecule has 0 radical (unpaired) electrons. The van der Waals surface area contributed by atoms with Crippen molar-refractivity contribution in [3.63, 3.8) is 0 Å². The lowest BCUT2D eigenvalue weighted by Crippen LogP contribution is -2.09. The molecule has 2 aromatic heterocycles. The quantitative estimate of drug-likeness (QED) is 0.655. The summed E-state index contributed by atoms with van der Waals surface area (Å²) >= 11 is 0. The molecule has 0 aliphatic carbocycles. The molecular weight excluding hydrogens is 187 g/mol. The Morgan fingerprint density at radius 1 is 1.20 bits per heavy atom. The van der Waals surface area contributed by atoms with E-state index in [-0.39, 0.29) is 0 Å². The first-order valence-corrected chi connectivity index (χ1v) is 4.73. The van der Waals surface area contributed by atoms with Crippen LogP contribution in [-0.4, -0.2) is 24.9 Å². The highest BCUT2D eigenvalue weighted by atomic mass is 16.5. The van der Waals surface area contributed by atoms with Crippen LogP contribution < -0.4 is 10.3 Å². The van der Waals surface area contributed by atoms with Gasteiger partial charge in [-0.2, -0.15) is 0 Å². The second-order valence-electron chi connectivity index (χ2n) is 3.25. The predicted octanol–water partition coefficient (Wildman–Crippen LogP) is 0.411. The first-order valence-electron chi connectivity index (χ1n) is 4.73. The highest BCUT2D eigenvalue weighted by Gasteiger charge is 2.03. The summed E-state index contributed by atoms with van der Waals surface area (Å²) < 4.78 is 5.19. The normalized spacial score (nSPS) is 9.93. The van der Waals surface area contributed by atoms with Crippen LogP contribution >= 0.6 is 0 Å². The van der Waals surface area contributed by atoms with Gasteiger partial charge < -0.3 is 4.74 Å². The molecule has 0 bridgehead atoms. The zero-order valence-corrected chi connectivity index (χ0v) is 8.77. The monoisotopic (exact) mass is 198 g/mol. The predicted molar refractivity (Wildman–Crippen MR) is 62.2 cm³/mol. The maximum Gasteiger partial charge on any atom is 0.164 e. The van der Waals surface area contributed by atoms with E-state index >= 15 is 0 Å². The van der Waals surface area contributed by atoms with E-state index < -0.39 is 0 Å². The summed E-state index contributed by atoms with van der Waals surface area (Å²) in [6.07, 6.45) is 1.76. The van der Waals surface area contributed by atoms with Crippen molar-refractivity contribution < 1.29 is 4.74 Å². The third kappa shape index (κ3) is 2.15. The molecule has 0 fully saturated rings. The molecule has 0 amide bonds. The lowest BCUT2D eigenvalue weighted by atomic mass is 10.0. The number of rotatable bonds is 2. The van der Waals surface area contributed by atoms with E-state index in [1.807, 2.05) is 38.2 Å². The van der Waals surface area contributed by atoms with E-state index in [2.05, 4.69) is 9.97 Å². The van der Waals surface area contributed by atoms with Crippen LogP contribution in [0.5, 0.6) is 5.75 Å². The Morgan fingerprint density at radius 2 is 2.07 bits per heavy atom. The van der Waals surface area contributed by atoms with E-state index in [4.69, 9.17) is 4.74 Å². The first kappa shape index (κ1) is 9.71. The standard InChI is InChI=1S/C11H11BN2O/c1-15-8-6-10(14-11(12)7-8)9-4-2-3-5-13-9/h2-7H,12H2,1H3. The molecule has 2 heterocycles. The first-order chi connectivity index (χ1) is 7.29. The molecule has 4 heteroatoms. The van der Waals surface area contributed by atoms with Crippen LogP contribution in [0.3, 0.4) is 0 Å². The van der Waals surface area contributed by atoms with Gasteiger partial charge in [0, 0.05) is 12.3 Å². The average Bonchev–Trinajstić information content (AvgIpc) is 2.29. The van der Waals surface area contributed by atoms with E-state index in [9.17, 15) is 0 Å². The minimum Gasteiger partial charge on any atom is -0.497 e. The second-order valence-corrected chi connectivity index (χ2v) is 3.25. The molecule has 3 nitrogen and oxygen atoms in total. The topological polar surface area (TPSA) is 35.0 Å². The second kappa shape index (κ2) is 4.13. The Morgan fingerprint density at radius 3 is 2.73 bits per heavy atom. The maximum atomic E-state index is 5.19. The molecule has 0 saturated heterocycles. The van der Waals surface area contributed by atoms with E-state index in [1.54, 1.807) is 13.3 Å². The molecule has 0 N–H and O–H groups in total. The summed E-state index contributed by atoms with van der Waals surface area (Å²) in [4.78, 5) is 8.66. The smallest absolute Gasteiger partial charge is 0.164 e. The Bertz CT molecular complexity index is 459. The van der Waals surface area contributed by atoms with Crippen molar-refractivity contribution in [3.05, 3.63) is 36.5 Å². The molecule has 2 aromatic rings. The molecular formula is C11H11BN2O. The summed E-state index contributed by atoms with van der Waals surface area (Å²) in [5.41, 5.74) is 2.63. The molecule has 15 heavy (non-hydrogen) atoms. The molecule has 0 unspecified atom stereocenters.